The fourth-order valence-corrected chi connectivity index (χ4v) is 3.78. The van der Waals surface area contributed by atoms with Crippen molar-refractivity contribution in [2.45, 2.75) is 32.1 Å². The predicted octanol–water partition coefficient (Wildman–Crippen LogP) is -1.08. The second-order valence-corrected chi connectivity index (χ2v) is 6.91. The van der Waals surface area contributed by atoms with Gasteiger partial charge in [-0.3, -0.25) is 0 Å². The Labute approximate surface area is 114 Å². The zero-order valence-electron chi connectivity index (χ0n) is 11.5. The van der Waals surface area contributed by atoms with Crippen molar-refractivity contribution < 1.29 is 17.9 Å². The van der Waals surface area contributed by atoms with Gasteiger partial charge in [-0.25, -0.2) is 4.72 Å². The summed E-state index contributed by atoms with van der Waals surface area (Å²) in [6.07, 6.45) is -0.145. The predicted molar refractivity (Wildman–Crippen MR) is 71.1 cm³/mol. The number of hydrogen-bond donors (Lipinski definition) is 2. The molecule has 2 N–H and O–H groups in total. The van der Waals surface area contributed by atoms with E-state index in [-0.39, 0.29) is 18.2 Å². The van der Waals surface area contributed by atoms with Gasteiger partial charge < -0.3 is 14.8 Å². The zero-order valence-corrected chi connectivity index (χ0v) is 12.3. The van der Waals surface area contributed by atoms with Crippen LogP contribution in [-0.4, -0.2) is 70.4 Å². The summed E-state index contributed by atoms with van der Waals surface area (Å²) in [7, 11) is -3.44. The lowest BCUT2D eigenvalue weighted by molar-refractivity contribution is -0.0444. The SMILES string of the molecule is CC1CN(S(=O)(=O)NCC2COCCN2)CC(C)O1. The number of rotatable bonds is 4. The van der Waals surface area contributed by atoms with Crippen molar-refractivity contribution in [2.24, 2.45) is 0 Å². The van der Waals surface area contributed by atoms with Crippen molar-refractivity contribution in [3.63, 3.8) is 0 Å². The summed E-state index contributed by atoms with van der Waals surface area (Å²) >= 11 is 0. The molecule has 112 valence electrons. The minimum atomic E-state index is -3.44. The van der Waals surface area contributed by atoms with Gasteiger partial charge in [0.25, 0.3) is 10.2 Å². The van der Waals surface area contributed by atoms with E-state index in [1.165, 1.54) is 4.31 Å². The molecule has 2 aliphatic heterocycles. The Balaban J connectivity index is 1.86. The largest absolute Gasteiger partial charge is 0.378 e. The molecule has 0 spiro atoms. The van der Waals surface area contributed by atoms with Gasteiger partial charge in [-0.05, 0) is 13.8 Å². The molecule has 3 unspecified atom stereocenters. The number of morpholine rings is 2. The summed E-state index contributed by atoms with van der Waals surface area (Å²) in [5.74, 6) is 0. The van der Waals surface area contributed by atoms with E-state index in [2.05, 4.69) is 10.0 Å². The number of nitrogens with zero attached hydrogens (tertiary/aromatic N) is 1. The zero-order chi connectivity index (χ0) is 13.9. The molecule has 3 atom stereocenters. The topological polar surface area (TPSA) is 79.9 Å². The highest BCUT2D eigenvalue weighted by atomic mass is 32.2. The Morgan fingerprint density at radius 2 is 2.00 bits per heavy atom. The van der Waals surface area contributed by atoms with Crippen LogP contribution in [0.1, 0.15) is 13.8 Å². The van der Waals surface area contributed by atoms with E-state index in [4.69, 9.17) is 9.47 Å². The van der Waals surface area contributed by atoms with Gasteiger partial charge in [-0.2, -0.15) is 12.7 Å². The minimum Gasteiger partial charge on any atom is -0.378 e. The molecule has 0 saturated carbocycles. The van der Waals surface area contributed by atoms with Crippen molar-refractivity contribution in [3.8, 4) is 0 Å². The van der Waals surface area contributed by atoms with Crippen molar-refractivity contribution in [2.75, 3.05) is 39.4 Å². The van der Waals surface area contributed by atoms with E-state index < -0.39 is 10.2 Å². The molecule has 0 aromatic heterocycles. The second-order valence-electron chi connectivity index (χ2n) is 5.15. The summed E-state index contributed by atoms with van der Waals surface area (Å²) in [5.41, 5.74) is 0. The molecule has 19 heavy (non-hydrogen) atoms. The molecule has 2 rings (SSSR count). The highest BCUT2D eigenvalue weighted by Crippen LogP contribution is 2.13. The molecule has 2 saturated heterocycles. The summed E-state index contributed by atoms with van der Waals surface area (Å²) in [6.45, 7) is 6.90. The van der Waals surface area contributed by atoms with Crippen LogP contribution in [0.4, 0.5) is 0 Å². The molecular weight excluding hydrogens is 270 g/mol. The lowest BCUT2D eigenvalue weighted by atomic mass is 10.3. The third-order valence-electron chi connectivity index (χ3n) is 3.24. The van der Waals surface area contributed by atoms with Gasteiger partial charge in [-0.1, -0.05) is 0 Å². The van der Waals surface area contributed by atoms with Gasteiger partial charge in [-0.15, -0.1) is 0 Å². The number of hydrogen-bond acceptors (Lipinski definition) is 5. The summed E-state index contributed by atoms with van der Waals surface area (Å²) in [4.78, 5) is 0. The summed E-state index contributed by atoms with van der Waals surface area (Å²) < 4.78 is 39.3. The monoisotopic (exact) mass is 293 g/mol. The van der Waals surface area contributed by atoms with Gasteiger partial charge >= 0.3 is 0 Å². The molecule has 2 fully saturated rings. The van der Waals surface area contributed by atoms with Crippen LogP contribution in [0.15, 0.2) is 0 Å². The van der Waals surface area contributed by atoms with Gasteiger partial charge in [0.15, 0.2) is 0 Å². The third kappa shape index (κ3) is 4.37. The first-order chi connectivity index (χ1) is 8.97. The fraction of sp³-hybridized carbons (Fsp3) is 1.00. The Morgan fingerprint density at radius 3 is 2.58 bits per heavy atom. The van der Waals surface area contributed by atoms with Crippen molar-refractivity contribution in [1.82, 2.24) is 14.3 Å². The van der Waals surface area contributed by atoms with E-state index in [1.54, 1.807) is 0 Å². The van der Waals surface area contributed by atoms with Crippen molar-refractivity contribution in [3.05, 3.63) is 0 Å². The minimum absolute atomic E-state index is 0.0411. The van der Waals surface area contributed by atoms with E-state index in [0.717, 1.165) is 6.54 Å². The normalized spacial score (nSPS) is 34.3. The van der Waals surface area contributed by atoms with Gasteiger partial charge in [0.2, 0.25) is 0 Å². The Bertz CT molecular complexity index is 373. The average molecular weight is 293 g/mol. The molecule has 0 amide bonds. The highest BCUT2D eigenvalue weighted by Gasteiger charge is 2.31. The van der Waals surface area contributed by atoms with Crippen LogP contribution in [0.3, 0.4) is 0 Å². The summed E-state index contributed by atoms with van der Waals surface area (Å²) in [5, 5.41) is 3.22. The van der Waals surface area contributed by atoms with Crippen LogP contribution in [0.5, 0.6) is 0 Å². The lowest BCUT2D eigenvalue weighted by Gasteiger charge is -2.34. The molecule has 0 aromatic carbocycles. The molecule has 0 aliphatic carbocycles. The quantitative estimate of drug-likeness (QED) is 0.689. The highest BCUT2D eigenvalue weighted by molar-refractivity contribution is 7.87. The molecular formula is C11H23N3O4S. The Kier molecular flexibility index (Phi) is 5.15. The molecule has 8 heteroatoms. The Morgan fingerprint density at radius 1 is 1.32 bits per heavy atom. The van der Waals surface area contributed by atoms with Gasteiger partial charge in [0, 0.05) is 32.2 Å². The van der Waals surface area contributed by atoms with E-state index in [0.29, 0.717) is 32.8 Å². The molecule has 0 aromatic rings. The maximum absolute atomic E-state index is 12.2. The van der Waals surface area contributed by atoms with E-state index in [1.807, 2.05) is 13.8 Å². The van der Waals surface area contributed by atoms with Gasteiger partial charge in [0.05, 0.1) is 25.4 Å². The van der Waals surface area contributed by atoms with Crippen LogP contribution in [0.2, 0.25) is 0 Å². The fourth-order valence-electron chi connectivity index (χ4n) is 2.37. The molecule has 7 nitrogen and oxygen atoms in total. The van der Waals surface area contributed by atoms with Crippen LogP contribution >= 0.6 is 0 Å². The van der Waals surface area contributed by atoms with E-state index in [9.17, 15) is 8.42 Å². The average Bonchev–Trinajstić information content (AvgIpc) is 2.37. The summed E-state index contributed by atoms with van der Waals surface area (Å²) in [6, 6.07) is 0.0411. The lowest BCUT2D eigenvalue weighted by Crippen LogP contribution is -2.55. The molecule has 0 radical (unpaired) electrons. The molecule has 0 bridgehead atoms. The number of ether oxygens (including phenoxy) is 2. The Hall–Kier alpha value is -0.250. The third-order valence-corrected chi connectivity index (χ3v) is 4.75. The van der Waals surface area contributed by atoms with Crippen LogP contribution in [0.25, 0.3) is 0 Å². The molecule has 2 heterocycles. The maximum Gasteiger partial charge on any atom is 0.279 e. The maximum atomic E-state index is 12.2. The van der Waals surface area contributed by atoms with Crippen LogP contribution in [0, 0.1) is 0 Å². The first-order valence-electron chi connectivity index (χ1n) is 6.68. The van der Waals surface area contributed by atoms with Crippen LogP contribution in [-0.2, 0) is 19.7 Å². The second kappa shape index (κ2) is 6.47. The first kappa shape index (κ1) is 15.1. The van der Waals surface area contributed by atoms with E-state index >= 15 is 0 Å². The standard InChI is InChI=1S/C11H23N3O4S/c1-9-6-14(7-10(2)18-9)19(15,16)13-5-11-8-17-4-3-12-11/h9-13H,3-8H2,1-2H3. The first-order valence-corrected chi connectivity index (χ1v) is 8.12. The van der Waals surface area contributed by atoms with Crippen molar-refractivity contribution in [1.29, 1.82) is 0 Å². The molecule has 2 aliphatic rings. The van der Waals surface area contributed by atoms with Crippen LogP contribution < -0.4 is 10.0 Å². The van der Waals surface area contributed by atoms with Crippen molar-refractivity contribution >= 4 is 10.2 Å². The smallest absolute Gasteiger partial charge is 0.279 e. The number of nitrogens with one attached hydrogen (secondary N) is 2. The van der Waals surface area contributed by atoms with Gasteiger partial charge in [0.1, 0.15) is 0 Å².